The number of nitrogens with one attached hydrogen (secondary N) is 1. The molecule has 5 nitrogen and oxygen atoms in total. The number of hydrogen-bond donors (Lipinski definition) is 3. The van der Waals surface area contributed by atoms with Crippen molar-refractivity contribution in [1.82, 2.24) is 5.32 Å². The van der Waals surface area contributed by atoms with Gasteiger partial charge < -0.3 is 16.2 Å². The Morgan fingerprint density at radius 1 is 1.40 bits per heavy atom. The molecule has 0 radical (unpaired) electrons. The van der Waals surface area contributed by atoms with Crippen molar-refractivity contribution in [3.63, 3.8) is 0 Å². The molecule has 1 aliphatic rings. The second kappa shape index (κ2) is 5.48. The van der Waals surface area contributed by atoms with E-state index in [1.54, 1.807) is 0 Å². The highest BCUT2D eigenvalue weighted by atomic mass is 19.1. The lowest BCUT2D eigenvalue weighted by Crippen LogP contribution is -2.43. The first kappa shape index (κ1) is 14.3. The monoisotopic (exact) mass is 280 g/mol. The van der Waals surface area contributed by atoms with Crippen LogP contribution in [-0.2, 0) is 4.79 Å². The first-order chi connectivity index (χ1) is 9.43. The predicted octanol–water partition coefficient (Wildman–Crippen LogP) is 1.78. The Morgan fingerprint density at radius 2 is 2.10 bits per heavy atom. The smallest absolute Gasteiger partial charge is 0.303 e. The zero-order valence-electron chi connectivity index (χ0n) is 11.0. The summed E-state index contributed by atoms with van der Waals surface area (Å²) in [6.07, 6.45) is 2.55. The fourth-order valence-electron chi connectivity index (χ4n) is 2.51. The van der Waals surface area contributed by atoms with Gasteiger partial charge in [0.1, 0.15) is 5.82 Å². The van der Waals surface area contributed by atoms with E-state index in [2.05, 4.69) is 5.32 Å². The van der Waals surface area contributed by atoms with Crippen molar-refractivity contribution in [2.75, 3.05) is 12.3 Å². The first-order valence-electron chi connectivity index (χ1n) is 6.47. The number of para-hydroxylation sites is 1. The molecule has 0 atom stereocenters. The summed E-state index contributed by atoms with van der Waals surface area (Å²) in [6, 6.07) is 4.04. The number of nitrogen functional groups attached to an aromatic ring is 1. The van der Waals surface area contributed by atoms with Crippen LogP contribution in [0.2, 0.25) is 0 Å². The van der Waals surface area contributed by atoms with Gasteiger partial charge in [-0.1, -0.05) is 12.5 Å². The predicted molar refractivity (Wildman–Crippen MR) is 71.7 cm³/mol. The van der Waals surface area contributed by atoms with Gasteiger partial charge in [-0.3, -0.25) is 9.59 Å². The van der Waals surface area contributed by atoms with Crippen molar-refractivity contribution in [2.24, 2.45) is 5.41 Å². The van der Waals surface area contributed by atoms with Crippen LogP contribution in [0.15, 0.2) is 18.2 Å². The fraction of sp³-hybridized carbons (Fsp3) is 0.429. The minimum atomic E-state index is -0.871. The van der Waals surface area contributed by atoms with Gasteiger partial charge >= 0.3 is 5.97 Å². The van der Waals surface area contributed by atoms with Gasteiger partial charge in [0, 0.05) is 6.54 Å². The summed E-state index contributed by atoms with van der Waals surface area (Å²) >= 11 is 0. The van der Waals surface area contributed by atoms with Crippen LogP contribution in [0.3, 0.4) is 0 Å². The summed E-state index contributed by atoms with van der Waals surface area (Å²) in [5.41, 5.74) is 5.04. The SMILES string of the molecule is Nc1c(F)cccc1C(=O)NCC1(CC(=O)O)CCC1. The molecule has 1 aromatic rings. The molecular formula is C14H17FN2O3. The number of benzene rings is 1. The molecule has 0 aromatic heterocycles. The van der Waals surface area contributed by atoms with Crippen LogP contribution in [0.1, 0.15) is 36.0 Å². The van der Waals surface area contributed by atoms with Gasteiger partial charge in [0.15, 0.2) is 0 Å². The maximum Gasteiger partial charge on any atom is 0.303 e. The molecule has 1 amide bonds. The highest BCUT2D eigenvalue weighted by Crippen LogP contribution is 2.43. The number of nitrogens with two attached hydrogens (primary N) is 1. The first-order valence-corrected chi connectivity index (χ1v) is 6.47. The van der Waals surface area contributed by atoms with Gasteiger partial charge in [0.2, 0.25) is 0 Å². The number of carbonyl (C=O) groups excluding carboxylic acids is 1. The van der Waals surface area contributed by atoms with Crippen LogP contribution in [0.5, 0.6) is 0 Å². The van der Waals surface area contributed by atoms with Crippen molar-refractivity contribution in [1.29, 1.82) is 0 Å². The summed E-state index contributed by atoms with van der Waals surface area (Å²) in [7, 11) is 0. The van der Waals surface area contributed by atoms with E-state index in [0.717, 1.165) is 19.3 Å². The molecule has 108 valence electrons. The Bertz CT molecular complexity index is 541. The average molecular weight is 280 g/mol. The highest BCUT2D eigenvalue weighted by molar-refractivity contribution is 5.99. The van der Waals surface area contributed by atoms with Gasteiger partial charge in [-0.25, -0.2) is 4.39 Å². The molecule has 0 spiro atoms. The van der Waals surface area contributed by atoms with Crippen LogP contribution in [0, 0.1) is 11.2 Å². The lowest BCUT2D eigenvalue weighted by atomic mass is 9.66. The normalized spacial score (nSPS) is 16.2. The van der Waals surface area contributed by atoms with E-state index in [-0.39, 0.29) is 29.6 Å². The summed E-state index contributed by atoms with van der Waals surface area (Å²) in [4.78, 5) is 22.8. The molecule has 0 heterocycles. The third-order valence-corrected chi connectivity index (χ3v) is 3.86. The van der Waals surface area contributed by atoms with Crippen LogP contribution >= 0.6 is 0 Å². The third-order valence-electron chi connectivity index (χ3n) is 3.86. The van der Waals surface area contributed by atoms with E-state index < -0.39 is 17.7 Å². The van der Waals surface area contributed by atoms with Crippen molar-refractivity contribution >= 4 is 17.6 Å². The summed E-state index contributed by atoms with van der Waals surface area (Å²) in [6.45, 7) is 0.272. The second-order valence-electron chi connectivity index (χ2n) is 5.31. The third kappa shape index (κ3) is 2.89. The number of aliphatic carboxylic acids is 1. The van der Waals surface area contributed by atoms with Gasteiger partial charge in [-0.05, 0) is 30.4 Å². The molecule has 1 aromatic carbocycles. The number of amides is 1. The number of rotatable bonds is 5. The molecule has 0 saturated heterocycles. The summed E-state index contributed by atoms with van der Waals surface area (Å²) in [5.74, 6) is -1.98. The number of carboxylic acid groups (broad SMARTS) is 1. The lowest BCUT2D eigenvalue weighted by molar-refractivity contribution is -0.141. The summed E-state index contributed by atoms with van der Waals surface area (Å²) in [5, 5.41) is 11.6. The van der Waals surface area contributed by atoms with Crippen molar-refractivity contribution in [3.05, 3.63) is 29.6 Å². The Labute approximate surface area is 116 Å². The van der Waals surface area contributed by atoms with E-state index in [4.69, 9.17) is 10.8 Å². The number of anilines is 1. The lowest BCUT2D eigenvalue weighted by Gasteiger charge is -2.40. The maximum absolute atomic E-state index is 13.3. The van der Waals surface area contributed by atoms with Crippen LogP contribution in [0.25, 0.3) is 0 Å². The maximum atomic E-state index is 13.3. The molecule has 0 unspecified atom stereocenters. The van der Waals surface area contributed by atoms with Gasteiger partial charge in [-0.15, -0.1) is 0 Å². The largest absolute Gasteiger partial charge is 0.481 e. The van der Waals surface area contributed by atoms with E-state index >= 15 is 0 Å². The van der Waals surface area contributed by atoms with E-state index in [1.165, 1.54) is 18.2 Å². The van der Waals surface area contributed by atoms with E-state index in [0.29, 0.717) is 0 Å². The number of carbonyl (C=O) groups is 2. The minimum Gasteiger partial charge on any atom is -0.481 e. The Kier molecular flexibility index (Phi) is 3.92. The molecular weight excluding hydrogens is 263 g/mol. The molecule has 0 bridgehead atoms. The molecule has 1 aliphatic carbocycles. The van der Waals surface area contributed by atoms with Crippen molar-refractivity contribution < 1.29 is 19.1 Å². The van der Waals surface area contributed by atoms with Crippen LogP contribution < -0.4 is 11.1 Å². The Morgan fingerprint density at radius 3 is 2.65 bits per heavy atom. The van der Waals surface area contributed by atoms with Crippen molar-refractivity contribution in [2.45, 2.75) is 25.7 Å². The Hall–Kier alpha value is -2.11. The molecule has 6 heteroatoms. The average Bonchev–Trinajstić information content (AvgIpc) is 2.35. The zero-order chi connectivity index (χ0) is 14.8. The molecule has 4 N–H and O–H groups in total. The Balaban J connectivity index is 2.01. The van der Waals surface area contributed by atoms with E-state index in [1.807, 2.05) is 0 Å². The number of halogens is 1. The molecule has 2 rings (SSSR count). The van der Waals surface area contributed by atoms with Crippen LogP contribution in [-0.4, -0.2) is 23.5 Å². The minimum absolute atomic E-state index is 0.0336. The van der Waals surface area contributed by atoms with Crippen LogP contribution in [0.4, 0.5) is 10.1 Å². The van der Waals surface area contributed by atoms with Gasteiger partial charge in [-0.2, -0.15) is 0 Å². The highest BCUT2D eigenvalue weighted by Gasteiger charge is 2.39. The topological polar surface area (TPSA) is 92.4 Å². The van der Waals surface area contributed by atoms with Gasteiger partial charge in [0.05, 0.1) is 17.7 Å². The zero-order valence-corrected chi connectivity index (χ0v) is 11.0. The number of hydrogen-bond acceptors (Lipinski definition) is 3. The quantitative estimate of drug-likeness (QED) is 0.717. The standard InChI is InChI=1S/C14H17FN2O3/c15-10-4-1-3-9(12(10)16)13(20)17-8-14(5-2-6-14)7-11(18)19/h1,3-4H,2,5-8,16H2,(H,17,20)(H,18,19). The fourth-order valence-corrected chi connectivity index (χ4v) is 2.51. The molecule has 1 saturated carbocycles. The molecule has 20 heavy (non-hydrogen) atoms. The second-order valence-corrected chi connectivity index (χ2v) is 5.31. The molecule has 1 fully saturated rings. The number of carboxylic acids is 1. The van der Waals surface area contributed by atoms with Gasteiger partial charge in [0.25, 0.3) is 5.91 Å². The van der Waals surface area contributed by atoms with Crippen molar-refractivity contribution in [3.8, 4) is 0 Å². The summed E-state index contributed by atoms with van der Waals surface area (Å²) < 4.78 is 13.3. The van der Waals surface area contributed by atoms with E-state index in [9.17, 15) is 14.0 Å². The molecule has 0 aliphatic heterocycles.